The van der Waals surface area contributed by atoms with E-state index >= 15 is 0 Å². The monoisotopic (exact) mass is 311 g/mol. The number of hydrogen-bond donors (Lipinski definition) is 1. The fraction of sp³-hybridized carbons (Fsp3) is 0.0909. The number of aromatic nitrogens is 4. The van der Waals surface area contributed by atoms with Gasteiger partial charge >= 0.3 is 0 Å². The van der Waals surface area contributed by atoms with Crippen LogP contribution in [0.25, 0.3) is 4.96 Å². The molecule has 0 aliphatic rings. The van der Waals surface area contributed by atoms with E-state index in [0.29, 0.717) is 16.5 Å². The second-order valence-corrected chi connectivity index (χ2v) is 5.29. The summed E-state index contributed by atoms with van der Waals surface area (Å²) in [5.74, 6) is -0.359. The molecule has 0 bridgehead atoms. The van der Waals surface area contributed by atoms with Crippen LogP contribution in [-0.4, -0.2) is 25.7 Å². The zero-order chi connectivity index (χ0) is 14.3. The van der Waals surface area contributed by atoms with Crippen molar-refractivity contribution >= 4 is 39.5 Å². The topological polar surface area (TPSA) is 72.2 Å². The summed E-state index contributed by atoms with van der Waals surface area (Å²) in [6.07, 6.45) is 0. The molecule has 3 rings (SSSR count). The SMILES string of the molecule is Cc1nnc2sc(C(=O)Nc3ccc(F)c(Cl)c3)nn12. The number of nitrogens with zero attached hydrogens (tertiary/aromatic N) is 4. The lowest BCUT2D eigenvalue weighted by atomic mass is 10.3. The summed E-state index contributed by atoms with van der Waals surface area (Å²) in [5, 5.41) is 14.6. The lowest BCUT2D eigenvalue weighted by molar-refractivity contribution is 0.102. The molecule has 1 amide bonds. The molecule has 0 aliphatic carbocycles. The van der Waals surface area contributed by atoms with Crippen molar-refractivity contribution in [1.29, 1.82) is 0 Å². The Labute approximate surface area is 121 Å². The van der Waals surface area contributed by atoms with Gasteiger partial charge in [0, 0.05) is 5.69 Å². The molecule has 1 N–H and O–H groups in total. The standard InChI is InChI=1S/C11H7ClFN5OS/c1-5-15-16-11-18(5)17-10(20-11)9(19)14-6-2-3-8(13)7(12)4-6/h2-4H,1H3,(H,14,19). The lowest BCUT2D eigenvalue weighted by Gasteiger charge is -2.03. The second-order valence-electron chi connectivity index (χ2n) is 3.93. The zero-order valence-corrected chi connectivity index (χ0v) is 11.7. The van der Waals surface area contributed by atoms with E-state index in [2.05, 4.69) is 20.6 Å². The number of hydrogen-bond acceptors (Lipinski definition) is 5. The number of benzene rings is 1. The van der Waals surface area contributed by atoms with Crippen molar-refractivity contribution in [1.82, 2.24) is 19.8 Å². The van der Waals surface area contributed by atoms with Crippen molar-refractivity contribution in [2.24, 2.45) is 0 Å². The minimum Gasteiger partial charge on any atom is -0.320 e. The van der Waals surface area contributed by atoms with E-state index in [4.69, 9.17) is 11.6 Å². The smallest absolute Gasteiger partial charge is 0.286 e. The van der Waals surface area contributed by atoms with Crippen molar-refractivity contribution in [3.8, 4) is 0 Å². The molecule has 102 valence electrons. The molecule has 2 heterocycles. The number of aryl methyl sites for hydroxylation is 1. The molecule has 3 aromatic rings. The summed E-state index contributed by atoms with van der Waals surface area (Å²) in [6.45, 7) is 1.74. The number of amides is 1. The molecular weight excluding hydrogens is 305 g/mol. The van der Waals surface area contributed by atoms with Crippen LogP contribution in [0, 0.1) is 12.7 Å². The maximum absolute atomic E-state index is 13.0. The highest BCUT2D eigenvalue weighted by molar-refractivity contribution is 7.18. The largest absolute Gasteiger partial charge is 0.320 e. The van der Waals surface area contributed by atoms with Crippen LogP contribution in [0.5, 0.6) is 0 Å². The van der Waals surface area contributed by atoms with Gasteiger partial charge in [-0.25, -0.2) is 4.39 Å². The molecule has 20 heavy (non-hydrogen) atoms. The van der Waals surface area contributed by atoms with Gasteiger partial charge in [-0.2, -0.15) is 4.52 Å². The maximum Gasteiger partial charge on any atom is 0.286 e. The Morgan fingerprint density at radius 3 is 2.95 bits per heavy atom. The van der Waals surface area contributed by atoms with Crippen molar-refractivity contribution < 1.29 is 9.18 Å². The first-order valence-corrected chi connectivity index (χ1v) is 6.69. The van der Waals surface area contributed by atoms with Gasteiger partial charge in [0.25, 0.3) is 5.91 Å². The summed E-state index contributed by atoms with van der Waals surface area (Å²) in [5.41, 5.74) is 0.393. The first kappa shape index (κ1) is 12.9. The maximum atomic E-state index is 13.0. The van der Waals surface area contributed by atoms with Gasteiger partial charge in [-0.3, -0.25) is 4.79 Å². The number of anilines is 1. The van der Waals surface area contributed by atoms with Crippen molar-refractivity contribution in [2.75, 3.05) is 5.32 Å². The fourth-order valence-electron chi connectivity index (χ4n) is 1.56. The number of rotatable bonds is 2. The van der Waals surface area contributed by atoms with Crippen LogP contribution in [0.1, 0.15) is 15.6 Å². The van der Waals surface area contributed by atoms with Gasteiger partial charge in [0.15, 0.2) is 5.82 Å². The van der Waals surface area contributed by atoms with Crippen LogP contribution in [-0.2, 0) is 0 Å². The molecule has 0 saturated carbocycles. The van der Waals surface area contributed by atoms with Gasteiger partial charge in [-0.15, -0.1) is 15.3 Å². The van der Waals surface area contributed by atoms with E-state index in [1.807, 2.05) is 0 Å². The van der Waals surface area contributed by atoms with Crippen LogP contribution in [0.3, 0.4) is 0 Å². The molecule has 0 spiro atoms. The average molecular weight is 312 g/mol. The van der Waals surface area contributed by atoms with Crippen molar-refractivity contribution in [2.45, 2.75) is 6.92 Å². The van der Waals surface area contributed by atoms with Crippen LogP contribution in [0.15, 0.2) is 18.2 Å². The van der Waals surface area contributed by atoms with Gasteiger partial charge in [0.2, 0.25) is 9.97 Å². The zero-order valence-electron chi connectivity index (χ0n) is 10.1. The minimum absolute atomic E-state index is 0.0585. The molecule has 0 unspecified atom stereocenters. The van der Waals surface area contributed by atoms with Gasteiger partial charge in [-0.05, 0) is 25.1 Å². The summed E-state index contributed by atoms with van der Waals surface area (Å²) >= 11 is 6.76. The van der Waals surface area contributed by atoms with E-state index < -0.39 is 11.7 Å². The van der Waals surface area contributed by atoms with Crippen molar-refractivity contribution in [3.05, 3.63) is 39.9 Å². The molecule has 2 aromatic heterocycles. The molecule has 6 nitrogen and oxygen atoms in total. The molecule has 1 aromatic carbocycles. The second kappa shape index (κ2) is 4.80. The fourth-order valence-corrected chi connectivity index (χ4v) is 2.53. The van der Waals surface area contributed by atoms with Gasteiger partial charge < -0.3 is 5.32 Å². The number of carbonyl (C=O) groups excluding carboxylic acids is 1. The normalized spacial score (nSPS) is 10.9. The lowest BCUT2D eigenvalue weighted by Crippen LogP contribution is -2.12. The summed E-state index contributed by atoms with van der Waals surface area (Å²) < 4.78 is 14.5. The quantitative estimate of drug-likeness (QED) is 0.789. The Morgan fingerprint density at radius 2 is 2.25 bits per heavy atom. The molecule has 0 fully saturated rings. The highest BCUT2D eigenvalue weighted by Gasteiger charge is 2.15. The third-order valence-electron chi connectivity index (χ3n) is 2.52. The van der Waals surface area contributed by atoms with Gasteiger partial charge in [0.1, 0.15) is 5.82 Å². The molecular formula is C11H7ClFN5OS. The number of carbonyl (C=O) groups is 1. The van der Waals surface area contributed by atoms with Crippen LogP contribution >= 0.6 is 22.9 Å². The summed E-state index contributed by atoms with van der Waals surface area (Å²) in [7, 11) is 0. The van der Waals surface area contributed by atoms with E-state index in [9.17, 15) is 9.18 Å². The van der Waals surface area contributed by atoms with Gasteiger partial charge in [-0.1, -0.05) is 22.9 Å². The molecule has 0 atom stereocenters. The molecule has 9 heteroatoms. The predicted octanol–water partition coefficient (Wildman–Crippen LogP) is 2.54. The van der Waals surface area contributed by atoms with Crippen LogP contribution in [0.2, 0.25) is 5.02 Å². The first-order chi connectivity index (χ1) is 9.54. The third-order valence-corrected chi connectivity index (χ3v) is 3.71. The third kappa shape index (κ3) is 2.23. The minimum atomic E-state index is -0.543. The summed E-state index contributed by atoms with van der Waals surface area (Å²) in [6, 6.07) is 3.94. The molecule has 0 radical (unpaired) electrons. The number of fused-ring (bicyclic) bond motifs is 1. The Kier molecular flexibility index (Phi) is 3.11. The number of halogens is 2. The summed E-state index contributed by atoms with van der Waals surface area (Å²) in [4.78, 5) is 12.6. The Bertz CT molecular complexity index is 814. The molecule has 0 saturated heterocycles. The van der Waals surface area contributed by atoms with Crippen molar-refractivity contribution in [3.63, 3.8) is 0 Å². The highest BCUT2D eigenvalue weighted by atomic mass is 35.5. The average Bonchev–Trinajstić information content (AvgIpc) is 2.97. The first-order valence-electron chi connectivity index (χ1n) is 5.50. The Balaban J connectivity index is 1.86. The predicted molar refractivity (Wildman–Crippen MR) is 72.8 cm³/mol. The number of nitrogens with one attached hydrogen (secondary N) is 1. The van der Waals surface area contributed by atoms with Crippen LogP contribution in [0.4, 0.5) is 10.1 Å². The van der Waals surface area contributed by atoms with E-state index in [1.54, 1.807) is 6.92 Å². The Hall–Kier alpha value is -2.06. The molecule has 0 aliphatic heterocycles. The van der Waals surface area contributed by atoms with Crippen LogP contribution < -0.4 is 5.32 Å². The Morgan fingerprint density at radius 1 is 1.45 bits per heavy atom. The highest BCUT2D eigenvalue weighted by Crippen LogP contribution is 2.21. The van der Waals surface area contributed by atoms with Gasteiger partial charge in [0.05, 0.1) is 5.02 Å². The van der Waals surface area contributed by atoms with E-state index in [1.165, 1.54) is 22.7 Å². The van der Waals surface area contributed by atoms with E-state index in [-0.39, 0.29) is 10.0 Å². The van der Waals surface area contributed by atoms with E-state index in [0.717, 1.165) is 11.3 Å².